The third-order valence-electron chi connectivity index (χ3n) is 1.06. The lowest BCUT2D eigenvalue weighted by molar-refractivity contribution is 0.111. The van der Waals surface area contributed by atoms with E-state index in [1.54, 1.807) is 0 Å². The number of aromatic nitrogens is 2. The molecule has 1 N–H and O–H groups in total. The Morgan fingerprint density at radius 3 is 3.42 bits per heavy atom. The molecular formula is C8H11ClN2O. The maximum Gasteiger partial charge on any atom is 0.169 e. The van der Waals surface area contributed by atoms with Crippen molar-refractivity contribution >= 4 is 17.9 Å². The molecule has 0 bridgehead atoms. The van der Waals surface area contributed by atoms with Gasteiger partial charge in [-0.1, -0.05) is 24.8 Å². The molecule has 3 nitrogen and oxygen atoms in total. The third kappa shape index (κ3) is 2.08. The SMILES string of the molecule is [2H]C(=O)c1[nH]c(C([2H])C([2H])([2H])C([2H])([2H])C([2H])([2H])[2H])nc1Cl. The number of carbonyl (C=O) groups excluding carboxylic acids is 1. The van der Waals surface area contributed by atoms with E-state index in [0.29, 0.717) is 0 Å². The number of aldehydes is 1. The van der Waals surface area contributed by atoms with Gasteiger partial charge in [-0.15, -0.1) is 0 Å². The highest BCUT2D eigenvalue weighted by Gasteiger charge is 2.05. The number of nitrogens with one attached hydrogen (secondary N) is 1. The number of hydrogen-bond donors (Lipinski definition) is 1. The average molecular weight is 196 g/mol. The lowest BCUT2D eigenvalue weighted by Gasteiger charge is -1.90. The number of nitrogens with zero attached hydrogens (tertiary/aromatic N) is 1. The van der Waals surface area contributed by atoms with Crippen molar-refractivity contribution in [1.29, 1.82) is 0 Å². The standard InChI is InChI=1S/C8H11ClN2O/c1-2-3-4-7-10-6(5-12)8(9)11-7/h5H,2-4H2,1H3,(H,10,11)/i1D3,2D2,3D2,4D,5D. The van der Waals surface area contributed by atoms with Gasteiger partial charge >= 0.3 is 0 Å². The molecule has 0 amide bonds. The molecule has 1 rings (SSSR count). The number of hydrogen-bond acceptors (Lipinski definition) is 2. The number of halogens is 1. The van der Waals surface area contributed by atoms with E-state index < -0.39 is 48.9 Å². The van der Waals surface area contributed by atoms with Gasteiger partial charge in [-0.2, -0.15) is 0 Å². The van der Waals surface area contributed by atoms with Crippen LogP contribution in [0.1, 0.15) is 48.2 Å². The van der Waals surface area contributed by atoms with Crippen LogP contribution in [-0.4, -0.2) is 16.2 Å². The number of H-pyrrole nitrogens is 1. The predicted molar refractivity (Wildman–Crippen MR) is 47.6 cm³/mol. The summed E-state index contributed by atoms with van der Waals surface area (Å²) in [4.78, 5) is 16.5. The fourth-order valence-electron chi connectivity index (χ4n) is 0.610. The Hall–Kier alpha value is -0.830. The molecule has 0 spiro atoms. The molecule has 1 aromatic rings. The van der Waals surface area contributed by atoms with Crippen molar-refractivity contribution < 1.29 is 17.1 Å². The maximum atomic E-state index is 10.9. The fourth-order valence-corrected chi connectivity index (χ4v) is 0.787. The van der Waals surface area contributed by atoms with E-state index in [2.05, 4.69) is 9.97 Å². The van der Waals surface area contributed by atoms with E-state index >= 15 is 0 Å². The van der Waals surface area contributed by atoms with Crippen LogP contribution < -0.4 is 0 Å². The number of imidazole rings is 1. The molecule has 0 aliphatic rings. The molecule has 0 fully saturated rings. The molecule has 0 aromatic carbocycles. The molecule has 1 atom stereocenters. The lowest BCUT2D eigenvalue weighted by atomic mass is 10.2. The fraction of sp³-hybridized carbons (Fsp3) is 0.500. The van der Waals surface area contributed by atoms with Crippen molar-refractivity contribution in [3.05, 3.63) is 16.7 Å². The van der Waals surface area contributed by atoms with E-state index in [1.807, 2.05) is 0 Å². The molecular weight excluding hydrogens is 176 g/mol. The van der Waals surface area contributed by atoms with Gasteiger partial charge in [-0.25, -0.2) is 4.98 Å². The van der Waals surface area contributed by atoms with E-state index in [9.17, 15) is 4.79 Å². The van der Waals surface area contributed by atoms with Gasteiger partial charge in [0.2, 0.25) is 0 Å². The number of carbonyl (C=O) groups is 1. The third-order valence-corrected chi connectivity index (χ3v) is 1.33. The summed E-state index contributed by atoms with van der Waals surface area (Å²) in [6.07, 6.45) is -9.82. The Kier molecular flexibility index (Phi) is 1.01. The minimum atomic E-state index is -3.34. The topological polar surface area (TPSA) is 45.8 Å². The van der Waals surface area contributed by atoms with Crippen molar-refractivity contribution in [1.82, 2.24) is 9.97 Å². The summed E-state index contributed by atoms with van der Waals surface area (Å²) in [6, 6.07) is 0. The van der Waals surface area contributed by atoms with Crippen LogP contribution in [0, 0.1) is 0 Å². The quantitative estimate of drug-likeness (QED) is 0.749. The van der Waals surface area contributed by atoms with E-state index in [4.69, 9.17) is 23.9 Å². The van der Waals surface area contributed by atoms with Crippen LogP contribution >= 0.6 is 11.6 Å². The first kappa shape index (κ1) is 2.84. The minimum Gasteiger partial charge on any atom is -0.339 e. The molecule has 1 unspecified atom stereocenters. The van der Waals surface area contributed by atoms with Crippen molar-refractivity contribution in [2.45, 2.75) is 26.0 Å². The lowest BCUT2D eigenvalue weighted by Crippen LogP contribution is -1.87. The Morgan fingerprint density at radius 2 is 2.83 bits per heavy atom. The Morgan fingerprint density at radius 1 is 2.00 bits per heavy atom. The summed E-state index contributed by atoms with van der Waals surface area (Å²) >= 11 is 5.54. The van der Waals surface area contributed by atoms with Gasteiger partial charge in [0.1, 0.15) is 12.9 Å². The maximum absolute atomic E-state index is 10.9. The van der Waals surface area contributed by atoms with Gasteiger partial charge in [0, 0.05) is 17.4 Å². The van der Waals surface area contributed by atoms with Crippen LogP contribution in [0.5, 0.6) is 0 Å². The molecule has 0 saturated carbocycles. The molecule has 12 heavy (non-hydrogen) atoms. The zero-order chi connectivity index (χ0) is 16.8. The van der Waals surface area contributed by atoms with Gasteiger partial charge < -0.3 is 4.98 Å². The minimum absolute atomic E-state index is 0.465. The molecule has 0 radical (unpaired) electrons. The smallest absolute Gasteiger partial charge is 0.169 e. The zero-order valence-corrected chi connectivity index (χ0v) is 6.57. The normalized spacial score (nSPS) is 27.2. The molecule has 0 aliphatic heterocycles. The van der Waals surface area contributed by atoms with Gasteiger partial charge in [-0.3, -0.25) is 4.79 Å². The summed E-state index contributed by atoms with van der Waals surface area (Å²) in [5.74, 6) is -0.534. The molecule has 4 heteroatoms. The molecule has 66 valence electrons. The average Bonchev–Trinajstić information content (AvgIpc) is 2.68. The highest BCUT2D eigenvalue weighted by atomic mass is 35.5. The number of rotatable bonds is 4. The summed E-state index contributed by atoms with van der Waals surface area (Å²) in [6.45, 7) is -3.31. The van der Waals surface area contributed by atoms with Crippen molar-refractivity contribution in [2.24, 2.45) is 0 Å². The monoisotopic (exact) mass is 195 g/mol. The van der Waals surface area contributed by atoms with Crippen LogP contribution in [0.2, 0.25) is 5.15 Å². The van der Waals surface area contributed by atoms with Gasteiger partial charge in [0.15, 0.2) is 11.4 Å². The first-order valence-electron chi connectivity index (χ1n) is 7.50. The van der Waals surface area contributed by atoms with Crippen molar-refractivity contribution in [3.63, 3.8) is 0 Å². The summed E-state index contributed by atoms with van der Waals surface area (Å²) in [7, 11) is 0. The summed E-state index contributed by atoms with van der Waals surface area (Å²) in [5.41, 5.74) is -0.478. The van der Waals surface area contributed by atoms with E-state index in [1.165, 1.54) is 0 Å². The van der Waals surface area contributed by atoms with Gasteiger partial charge in [0.05, 0.1) is 0 Å². The van der Waals surface area contributed by atoms with Crippen molar-refractivity contribution in [2.75, 3.05) is 0 Å². The van der Waals surface area contributed by atoms with Crippen LogP contribution in [0.15, 0.2) is 0 Å². The molecule has 0 aliphatic carbocycles. The molecule has 0 saturated heterocycles. The van der Waals surface area contributed by atoms with Crippen LogP contribution in [0.25, 0.3) is 0 Å². The Labute approximate surface area is 88.8 Å². The van der Waals surface area contributed by atoms with Crippen molar-refractivity contribution in [3.8, 4) is 0 Å². The summed E-state index contributed by atoms with van der Waals surface area (Å²) in [5, 5.41) is -0.465. The first-order chi connectivity index (χ1) is 9.23. The molecule has 1 aromatic heterocycles. The highest BCUT2D eigenvalue weighted by Crippen LogP contribution is 2.11. The second kappa shape index (κ2) is 4.26. The zero-order valence-electron chi connectivity index (χ0n) is 14.8. The molecule has 1 heterocycles. The Bertz CT molecular complexity index is 552. The summed E-state index contributed by atoms with van der Waals surface area (Å²) < 4.78 is 65.9. The van der Waals surface area contributed by atoms with Crippen LogP contribution in [0.4, 0.5) is 0 Å². The number of aromatic amines is 1. The second-order valence-corrected chi connectivity index (χ2v) is 2.16. The largest absolute Gasteiger partial charge is 0.339 e. The highest BCUT2D eigenvalue weighted by molar-refractivity contribution is 6.31. The Balaban J connectivity index is 3.26. The van der Waals surface area contributed by atoms with Gasteiger partial charge in [0.25, 0.3) is 0 Å². The second-order valence-electron chi connectivity index (χ2n) is 1.80. The predicted octanol–water partition coefficient (Wildman–Crippen LogP) is 2.22. The van der Waals surface area contributed by atoms with Crippen LogP contribution in [0.3, 0.4) is 0 Å². The van der Waals surface area contributed by atoms with E-state index in [-0.39, 0.29) is 0 Å². The van der Waals surface area contributed by atoms with Gasteiger partial charge in [-0.05, 0) is 6.37 Å². The first-order valence-corrected chi connectivity index (χ1v) is 3.30. The van der Waals surface area contributed by atoms with Crippen LogP contribution in [-0.2, 0) is 6.40 Å². The van der Waals surface area contributed by atoms with E-state index in [0.717, 1.165) is 0 Å². The number of aryl methyl sites for hydroxylation is 1.